The van der Waals surface area contributed by atoms with E-state index in [0.29, 0.717) is 0 Å². The second-order valence-corrected chi connectivity index (χ2v) is 6.35. The van der Waals surface area contributed by atoms with E-state index in [0.717, 1.165) is 44.3 Å². The zero-order valence-electron chi connectivity index (χ0n) is 12.0. The molecule has 3 heteroatoms. The molecule has 2 rings (SSSR count). The Morgan fingerprint density at radius 3 is 2.39 bits per heavy atom. The van der Waals surface area contributed by atoms with Crippen molar-refractivity contribution >= 4 is 0 Å². The van der Waals surface area contributed by atoms with E-state index in [-0.39, 0.29) is 11.6 Å². The van der Waals surface area contributed by atoms with Crippen LogP contribution in [0, 0.1) is 11.8 Å². The second kappa shape index (κ2) is 6.36. The first-order chi connectivity index (χ1) is 8.66. The number of rotatable bonds is 4. The van der Waals surface area contributed by atoms with Gasteiger partial charge >= 0.3 is 0 Å². The SMILES string of the molecule is COC1(C(N)CC2CCOCC2)CCC(C)CC1. The Bertz CT molecular complexity index is 243. The molecule has 0 radical (unpaired) electrons. The quantitative estimate of drug-likeness (QED) is 0.840. The van der Waals surface area contributed by atoms with E-state index in [9.17, 15) is 0 Å². The van der Waals surface area contributed by atoms with Gasteiger partial charge in [0.25, 0.3) is 0 Å². The number of ether oxygens (including phenoxy) is 2. The van der Waals surface area contributed by atoms with Gasteiger partial charge in [-0.2, -0.15) is 0 Å². The lowest BCUT2D eigenvalue weighted by Gasteiger charge is -2.43. The van der Waals surface area contributed by atoms with E-state index >= 15 is 0 Å². The molecule has 18 heavy (non-hydrogen) atoms. The van der Waals surface area contributed by atoms with Gasteiger partial charge in [0.15, 0.2) is 0 Å². The molecule has 0 spiro atoms. The molecule has 0 aromatic heterocycles. The number of methoxy groups -OCH3 is 1. The van der Waals surface area contributed by atoms with Gasteiger partial charge in [0, 0.05) is 26.4 Å². The third-order valence-electron chi connectivity index (χ3n) is 5.13. The molecular weight excluding hydrogens is 226 g/mol. The van der Waals surface area contributed by atoms with Gasteiger partial charge in [0.05, 0.1) is 5.60 Å². The van der Waals surface area contributed by atoms with Crippen molar-refractivity contribution in [2.45, 2.75) is 63.5 Å². The van der Waals surface area contributed by atoms with Crippen LogP contribution in [0.15, 0.2) is 0 Å². The van der Waals surface area contributed by atoms with Crippen molar-refractivity contribution in [3.05, 3.63) is 0 Å². The van der Waals surface area contributed by atoms with Crippen molar-refractivity contribution in [1.29, 1.82) is 0 Å². The van der Waals surface area contributed by atoms with Gasteiger partial charge in [-0.15, -0.1) is 0 Å². The molecule has 106 valence electrons. The lowest BCUT2D eigenvalue weighted by molar-refractivity contribution is -0.0735. The van der Waals surface area contributed by atoms with Gasteiger partial charge < -0.3 is 15.2 Å². The van der Waals surface area contributed by atoms with Crippen LogP contribution >= 0.6 is 0 Å². The van der Waals surface area contributed by atoms with E-state index < -0.39 is 0 Å². The summed E-state index contributed by atoms with van der Waals surface area (Å²) in [7, 11) is 1.85. The van der Waals surface area contributed by atoms with Crippen molar-refractivity contribution in [1.82, 2.24) is 0 Å². The van der Waals surface area contributed by atoms with E-state index in [4.69, 9.17) is 15.2 Å². The molecule has 2 fully saturated rings. The summed E-state index contributed by atoms with van der Waals surface area (Å²) in [5.41, 5.74) is 6.45. The van der Waals surface area contributed by atoms with Gasteiger partial charge in [0.1, 0.15) is 0 Å². The molecule has 0 amide bonds. The zero-order chi connectivity index (χ0) is 13.0. The molecule has 1 saturated heterocycles. The Balaban J connectivity index is 1.90. The predicted molar refractivity (Wildman–Crippen MR) is 73.5 cm³/mol. The molecule has 2 N–H and O–H groups in total. The van der Waals surface area contributed by atoms with Crippen LogP contribution < -0.4 is 5.73 Å². The molecular formula is C15H29NO2. The second-order valence-electron chi connectivity index (χ2n) is 6.35. The molecule has 1 aliphatic carbocycles. The van der Waals surface area contributed by atoms with E-state index in [1.165, 1.54) is 25.7 Å². The summed E-state index contributed by atoms with van der Waals surface area (Å²) in [4.78, 5) is 0. The van der Waals surface area contributed by atoms with Crippen LogP contribution in [-0.4, -0.2) is 32.0 Å². The minimum atomic E-state index is -0.0508. The van der Waals surface area contributed by atoms with Crippen LogP contribution in [0.3, 0.4) is 0 Å². The topological polar surface area (TPSA) is 44.5 Å². The van der Waals surface area contributed by atoms with Crippen molar-refractivity contribution in [3.8, 4) is 0 Å². The standard InChI is InChI=1S/C15H29NO2/c1-12-3-7-15(17-2,8-4-12)14(16)11-13-5-9-18-10-6-13/h12-14H,3-11,16H2,1-2H3. The minimum Gasteiger partial charge on any atom is -0.381 e. The lowest BCUT2D eigenvalue weighted by atomic mass is 9.73. The normalized spacial score (nSPS) is 36.5. The van der Waals surface area contributed by atoms with Crippen molar-refractivity contribution in [3.63, 3.8) is 0 Å². The van der Waals surface area contributed by atoms with Crippen LogP contribution in [-0.2, 0) is 9.47 Å². The summed E-state index contributed by atoms with van der Waals surface area (Å²) in [6.45, 7) is 4.16. The fraction of sp³-hybridized carbons (Fsp3) is 1.00. The van der Waals surface area contributed by atoms with E-state index in [1.807, 2.05) is 7.11 Å². The molecule has 3 nitrogen and oxygen atoms in total. The van der Waals surface area contributed by atoms with E-state index in [1.54, 1.807) is 0 Å². The largest absolute Gasteiger partial charge is 0.381 e. The Labute approximate surface area is 111 Å². The Hall–Kier alpha value is -0.120. The molecule has 0 bridgehead atoms. The Morgan fingerprint density at radius 2 is 1.83 bits per heavy atom. The summed E-state index contributed by atoms with van der Waals surface area (Å²) in [5.74, 6) is 1.57. The monoisotopic (exact) mass is 255 g/mol. The fourth-order valence-electron chi connectivity index (χ4n) is 3.53. The first-order valence-electron chi connectivity index (χ1n) is 7.55. The first-order valence-corrected chi connectivity index (χ1v) is 7.55. The van der Waals surface area contributed by atoms with Crippen LogP contribution in [0.4, 0.5) is 0 Å². The lowest BCUT2D eigenvalue weighted by Crippen LogP contribution is -2.52. The highest BCUT2D eigenvalue weighted by Gasteiger charge is 2.40. The number of nitrogens with two attached hydrogens (primary N) is 1. The summed E-state index contributed by atoms with van der Waals surface area (Å²) in [6.07, 6.45) is 8.23. The minimum absolute atomic E-state index is 0.0508. The van der Waals surface area contributed by atoms with Crippen LogP contribution in [0.5, 0.6) is 0 Å². The molecule has 1 aliphatic heterocycles. The maximum atomic E-state index is 6.50. The van der Waals surface area contributed by atoms with Crippen LogP contribution in [0.25, 0.3) is 0 Å². The smallest absolute Gasteiger partial charge is 0.0829 e. The number of hydrogen-bond donors (Lipinski definition) is 1. The van der Waals surface area contributed by atoms with Crippen molar-refractivity contribution in [2.24, 2.45) is 17.6 Å². The van der Waals surface area contributed by atoms with Gasteiger partial charge in [-0.25, -0.2) is 0 Å². The molecule has 1 atom stereocenters. The number of hydrogen-bond acceptors (Lipinski definition) is 3. The average Bonchev–Trinajstić information content (AvgIpc) is 2.41. The molecule has 0 aromatic rings. The average molecular weight is 255 g/mol. The molecule has 1 saturated carbocycles. The fourth-order valence-corrected chi connectivity index (χ4v) is 3.53. The highest BCUT2D eigenvalue weighted by molar-refractivity contribution is 4.95. The summed E-state index contributed by atoms with van der Waals surface area (Å²) < 4.78 is 11.3. The van der Waals surface area contributed by atoms with Gasteiger partial charge in [-0.1, -0.05) is 6.92 Å². The summed E-state index contributed by atoms with van der Waals surface area (Å²) >= 11 is 0. The molecule has 0 aromatic carbocycles. The highest BCUT2D eigenvalue weighted by atomic mass is 16.5. The third kappa shape index (κ3) is 3.25. The van der Waals surface area contributed by atoms with E-state index in [2.05, 4.69) is 6.92 Å². The zero-order valence-corrected chi connectivity index (χ0v) is 12.0. The third-order valence-corrected chi connectivity index (χ3v) is 5.13. The Morgan fingerprint density at radius 1 is 1.22 bits per heavy atom. The molecule has 1 unspecified atom stereocenters. The molecule has 2 aliphatic rings. The summed E-state index contributed by atoms with van der Waals surface area (Å²) in [6, 6.07) is 0.193. The van der Waals surface area contributed by atoms with Crippen LogP contribution in [0.1, 0.15) is 51.9 Å². The predicted octanol–water partition coefficient (Wildman–Crippen LogP) is 2.73. The van der Waals surface area contributed by atoms with Crippen LogP contribution in [0.2, 0.25) is 0 Å². The van der Waals surface area contributed by atoms with Gasteiger partial charge in [-0.3, -0.25) is 0 Å². The Kier molecular flexibility index (Phi) is 5.05. The maximum Gasteiger partial charge on any atom is 0.0829 e. The van der Waals surface area contributed by atoms with Gasteiger partial charge in [0.2, 0.25) is 0 Å². The van der Waals surface area contributed by atoms with Gasteiger partial charge in [-0.05, 0) is 56.8 Å². The summed E-state index contributed by atoms with van der Waals surface area (Å²) in [5, 5.41) is 0. The molecule has 1 heterocycles. The van der Waals surface area contributed by atoms with Crippen molar-refractivity contribution in [2.75, 3.05) is 20.3 Å². The van der Waals surface area contributed by atoms with Crippen molar-refractivity contribution < 1.29 is 9.47 Å². The maximum absolute atomic E-state index is 6.50. The highest BCUT2D eigenvalue weighted by Crippen LogP contribution is 2.38. The first kappa shape index (κ1) is 14.3.